The normalized spacial score (nSPS) is 10.3. The molecule has 2 amide bonds. The number of carbonyl (C=O) groups is 2. The Morgan fingerprint density at radius 1 is 0.815 bits per heavy atom. The second-order valence-electron chi connectivity index (χ2n) is 6.16. The second-order valence-corrected chi connectivity index (χ2v) is 6.16. The molecule has 0 aromatic heterocycles. The van der Waals surface area contributed by atoms with Crippen LogP contribution in [0.15, 0.2) is 72.8 Å². The fourth-order valence-electron chi connectivity index (χ4n) is 2.57. The molecule has 0 radical (unpaired) electrons. The monoisotopic (exact) mass is 362 g/mol. The van der Waals surface area contributed by atoms with E-state index in [-0.39, 0.29) is 17.6 Å². The predicted octanol–water partition coefficient (Wildman–Crippen LogP) is 4.32. The van der Waals surface area contributed by atoms with E-state index in [1.54, 1.807) is 36.4 Å². The summed E-state index contributed by atoms with van der Waals surface area (Å²) in [6.45, 7) is 2.22. The van der Waals surface area contributed by atoms with Crippen LogP contribution in [0.4, 0.5) is 10.1 Å². The van der Waals surface area contributed by atoms with Gasteiger partial charge >= 0.3 is 0 Å². The van der Waals surface area contributed by atoms with E-state index >= 15 is 0 Å². The molecule has 0 aliphatic heterocycles. The molecule has 0 fully saturated rings. The van der Waals surface area contributed by atoms with Crippen LogP contribution >= 0.6 is 0 Å². The summed E-state index contributed by atoms with van der Waals surface area (Å²) in [5.41, 5.74) is 3.45. The molecular formula is C22H19FN2O2. The molecule has 0 saturated carbocycles. The van der Waals surface area contributed by atoms with Gasteiger partial charge in [-0.3, -0.25) is 9.59 Å². The van der Waals surface area contributed by atoms with E-state index in [1.807, 2.05) is 31.2 Å². The highest BCUT2D eigenvalue weighted by atomic mass is 19.1. The third kappa shape index (κ3) is 4.79. The zero-order valence-electron chi connectivity index (χ0n) is 14.8. The molecule has 27 heavy (non-hydrogen) atoms. The van der Waals surface area contributed by atoms with Crippen molar-refractivity contribution in [1.82, 2.24) is 5.32 Å². The fraction of sp³-hybridized carbons (Fsp3) is 0.0909. The molecule has 3 rings (SSSR count). The first kappa shape index (κ1) is 18.3. The third-order valence-electron chi connectivity index (χ3n) is 4.17. The Labute approximate surface area is 157 Å². The number of carbonyl (C=O) groups excluding carboxylic acids is 2. The number of hydrogen-bond acceptors (Lipinski definition) is 2. The lowest BCUT2D eigenvalue weighted by molar-refractivity contribution is 0.0949. The Bertz CT molecular complexity index is 951. The van der Waals surface area contributed by atoms with Gasteiger partial charge in [-0.15, -0.1) is 0 Å². The largest absolute Gasteiger partial charge is 0.348 e. The minimum atomic E-state index is -0.315. The number of amides is 2. The lowest BCUT2D eigenvalue weighted by Crippen LogP contribution is -2.23. The van der Waals surface area contributed by atoms with E-state index < -0.39 is 0 Å². The maximum absolute atomic E-state index is 12.9. The number of anilines is 1. The molecule has 3 aromatic rings. The Kier molecular flexibility index (Phi) is 5.61. The summed E-state index contributed by atoms with van der Waals surface area (Å²) in [5.74, 6) is -0.808. The summed E-state index contributed by atoms with van der Waals surface area (Å²) < 4.78 is 12.9. The quantitative estimate of drug-likeness (QED) is 0.710. The van der Waals surface area contributed by atoms with Gasteiger partial charge in [-0.05, 0) is 60.5 Å². The number of hydrogen-bond donors (Lipinski definition) is 2. The first-order valence-corrected chi connectivity index (χ1v) is 8.52. The molecule has 4 nitrogen and oxygen atoms in total. The van der Waals surface area contributed by atoms with Crippen LogP contribution in [0.2, 0.25) is 0 Å². The average Bonchev–Trinajstić information content (AvgIpc) is 2.69. The van der Waals surface area contributed by atoms with Crippen molar-refractivity contribution in [1.29, 1.82) is 0 Å². The zero-order valence-corrected chi connectivity index (χ0v) is 14.8. The van der Waals surface area contributed by atoms with Crippen molar-refractivity contribution in [2.75, 3.05) is 5.32 Å². The summed E-state index contributed by atoms with van der Waals surface area (Å²) in [6, 6.07) is 19.9. The van der Waals surface area contributed by atoms with Gasteiger partial charge in [0, 0.05) is 23.4 Å². The fourth-order valence-corrected chi connectivity index (χ4v) is 2.57. The van der Waals surface area contributed by atoms with Crippen LogP contribution in [-0.4, -0.2) is 11.8 Å². The van der Waals surface area contributed by atoms with E-state index in [2.05, 4.69) is 10.6 Å². The molecule has 2 N–H and O–H groups in total. The summed E-state index contributed by atoms with van der Waals surface area (Å²) in [4.78, 5) is 24.6. The highest BCUT2D eigenvalue weighted by molar-refractivity contribution is 6.05. The van der Waals surface area contributed by atoms with Gasteiger partial charge in [0.15, 0.2) is 0 Å². The molecule has 0 atom stereocenters. The number of halogens is 1. The lowest BCUT2D eigenvalue weighted by Gasteiger charge is -2.09. The number of aryl methyl sites for hydroxylation is 1. The molecular weight excluding hydrogens is 343 g/mol. The van der Waals surface area contributed by atoms with Crippen molar-refractivity contribution in [2.45, 2.75) is 13.5 Å². The SMILES string of the molecule is Cc1ccccc1NC(=O)c1ccc(C(=O)NCc2ccc(F)cc2)cc1. The molecule has 3 aromatic carbocycles. The van der Waals surface area contributed by atoms with Gasteiger partial charge in [0.05, 0.1) is 0 Å². The maximum atomic E-state index is 12.9. The number of rotatable bonds is 5. The molecule has 136 valence electrons. The topological polar surface area (TPSA) is 58.2 Å². The molecule has 0 unspecified atom stereocenters. The van der Waals surface area contributed by atoms with E-state index in [1.165, 1.54) is 12.1 Å². The van der Waals surface area contributed by atoms with Gasteiger partial charge in [-0.2, -0.15) is 0 Å². The summed E-state index contributed by atoms with van der Waals surface area (Å²) >= 11 is 0. The first-order chi connectivity index (χ1) is 13.0. The zero-order chi connectivity index (χ0) is 19.2. The van der Waals surface area contributed by atoms with Crippen molar-refractivity contribution in [3.05, 3.63) is 101 Å². The summed E-state index contributed by atoms with van der Waals surface area (Å²) in [6.07, 6.45) is 0. The van der Waals surface area contributed by atoms with Crippen molar-refractivity contribution >= 4 is 17.5 Å². The molecule has 0 saturated heterocycles. The number of benzene rings is 3. The minimum absolute atomic E-state index is 0.234. The van der Waals surface area contributed by atoms with Gasteiger partial charge < -0.3 is 10.6 Å². The molecule has 0 spiro atoms. The van der Waals surface area contributed by atoms with Gasteiger partial charge in [-0.1, -0.05) is 30.3 Å². The standard InChI is InChI=1S/C22H19FN2O2/c1-15-4-2-3-5-20(15)25-22(27)18-10-8-17(9-11-18)21(26)24-14-16-6-12-19(23)13-7-16/h2-13H,14H2,1H3,(H,24,26)(H,25,27). The van der Waals surface area contributed by atoms with Gasteiger partial charge in [0.1, 0.15) is 5.82 Å². The first-order valence-electron chi connectivity index (χ1n) is 8.52. The Morgan fingerprint density at radius 3 is 2.04 bits per heavy atom. The van der Waals surface area contributed by atoms with Crippen LogP contribution in [-0.2, 0) is 6.54 Å². The molecule has 0 aliphatic rings. The van der Waals surface area contributed by atoms with Gasteiger partial charge in [0.25, 0.3) is 11.8 Å². The van der Waals surface area contributed by atoms with Crippen molar-refractivity contribution in [2.24, 2.45) is 0 Å². The van der Waals surface area contributed by atoms with Crippen LogP contribution in [0.3, 0.4) is 0 Å². The highest BCUT2D eigenvalue weighted by Gasteiger charge is 2.10. The smallest absolute Gasteiger partial charge is 0.255 e. The van der Waals surface area contributed by atoms with Crippen LogP contribution in [0.25, 0.3) is 0 Å². The Balaban J connectivity index is 1.60. The Hall–Kier alpha value is -3.47. The van der Waals surface area contributed by atoms with Crippen molar-refractivity contribution in [3.63, 3.8) is 0 Å². The number of nitrogens with one attached hydrogen (secondary N) is 2. The highest BCUT2D eigenvalue weighted by Crippen LogP contribution is 2.15. The predicted molar refractivity (Wildman–Crippen MR) is 103 cm³/mol. The average molecular weight is 362 g/mol. The van der Waals surface area contributed by atoms with E-state index in [0.717, 1.165) is 16.8 Å². The van der Waals surface area contributed by atoms with Crippen LogP contribution in [0, 0.1) is 12.7 Å². The minimum Gasteiger partial charge on any atom is -0.348 e. The molecule has 0 heterocycles. The Morgan fingerprint density at radius 2 is 1.41 bits per heavy atom. The van der Waals surface area contributed by atoms with E-state index in [0.29, 0.717) is 17.7 Å². The molecule has 0 bridgehead atoms. The van der Waals surface area contributed by atoms with Crippen molar-refractivity contribution in [3.8, 4) is 0 Å². The summed E-state index contributed by atoms with van der Waals surface area (Å²) in [5, 5.41) is 5.63. The van der Waals surface area contributed by atoms with Gasteiger partial charge in [0.2, 0.25) is 0 Å². The van der Waals surface area contributed by atoms with E-state index in [4.69, 9.17) is 0 Å². The van der Waals surface area contributed by atoms with Crippen LogP contribution in [0.1, 0.15) is 31.8 Å². The molecule has 5 heteroatoms. The third-order valence-corrected chi connectivity index (χ3v) is 4.17. The second kappa shape index (κ2) is 8.27. The van der Waals surface area contributed by atoms with Crippen LogP contribution in [0.5, 0.6) is 0 Å². The van der Waals surface area contributed by atoms with Crippen molar-refractivity contribution < 1.29 is 14.0 Å². The van der Waals surface area contributed by atoms with E-state index in [9.17, 15) is 14.0 Å². The van der Waals surface area contributed by atoms with Crippen LogP contribution < -0.4 is 10.6 Å². The van der Waals surface area contributed by atoms with Gasteiger partial charge in [-0.25, -0.2) is 4.39 Å². The maximum Gasteiger partial charge on any atom is 0.255 e. The number of para-hydroxylation sites is 1. The lowest BCUT2D eigenvalue weighted by atomic mass is 10.1. The summed E-state index contributed by atoms with van der Waals surface area (Å²) in [7, 11) is 0. The molecule has 0 aliphatic carbocycles.